The Bertz CT molecular complexity index is 604. The molecule has 19 heavy (non-hydrogen) atoms. The number of rotatable bonds is 3. The van der Waals surface area contributed by atoms with Gasteiger partial charge in [0.2, 0.25) is 0 Å². The SMILES string of the molecule is CC(Nc1nc(Cl)c(Cl)cc1Cl)c1cccc(F)c1. The quantitative estimate of drug-likeness (QED) is 0.771. The van der Waals surface area contributed by atoms with Gasteiger partial charge in [0.25, 0.3) is 0 Å². The highest BCUT2D eigenvalue weighted by atomic mass is 35.5. The second kappa shape index (κ2) is 5.95. The number of hydrogen-bond acceptors (Lipinski definition) is 2. The number of halogens is 4. The molecule has 0 spiro atoms. The standard InChI is InChI=1S/C13H10Cl3FN2/c1-7(8-3-2-4-9(17)5-8)18-13-11(15)6-10(14)12(16)19-13/h2-7H,1H3,(H,18,19). The fourth-order valence-electron chi connectivity index (χ4n) is 1.61. The average Bonchev–Trinajstić information content (AvgIpc) is 2.36. The number of nitrogens with zero attached hydrogens (tertiary/aromatic N) is 1. The molecule has 100 valence electrons. The van der Waals surface area contributed by atoms with Crippen LogP contribution in [0.1, 0.15) is 18.5 Å². The van der Waals surface area contributed by atoms with Crippen molar-refractivity contribution in [2.75, 3.05) is 5.32 Å². The van der Waals surface area contributed by atoms with Gasteiger partial charge >= 0.3 is 0 Å². The van der Waals surface area contributed by atoms with Gasteiger partial charge in [-0.05, 0) is 30.7 Å². The maximum atomic E-state index is 13.2. The van der Waals surface area contributed by atoms with Crippen molar-refractivity contribution in [1.82, 2.24) is 4.98 Å². The molecule has 2 rings (SSSR count). The molecule has 0 saturated carbocycles. The lowest BCUT2D eigenvalue weighted by molar-refractivity contribution is 0.623. The van der Waals surface area contributed by atoms with E-state index < -0.39 is 0 Å². The zero-order valence-electron chi connectivity index (χ0n) is 9.92. The third-order valence-corrected chi connectivity index (χ3v) is 3.55. The summed E-state index contributed by atoms with van der Waals surface area (Å²) in [7, 11) is 0. The Balaban J connectivity index is 2.24. The molecule has 1 atom stereocenters. The third kappa shape index (κ3) is 3.50. The van der Waals surface area contributed by atoms with Crippen LogP contribution in [0.15, 0.2) is 30.3 Å². The minimum absolute atomic E-state index is 0.167. The van der Waals surface area contributed by atoms with E-state index in [2.05, 4.69) is 10.3 Å². The molecule has 0 saturated heterocycles. The zero-order chi connectivity index (χ0) is 14.0. The van der Waals surface area contributed by atoms with Crippen LogP contribution in [0.4, 0.5) is 10.2 Å². The fraction of sp³-hybridized carbons (Fsp3) is 0.154. The molecule has 1 aromatic carbocycles. The molecule has 0 amide bonds. The molecule has 2 aromatic rings. The lowest BCUT2D eigenvalue weighted by Gasteiger charge is -2.16. The predicted octanol–water partition coefficient (Wildman–Crippen LogP) is 5.35. The number of nitrogens with one attached hydrogen (secondary N) is 1. The Morgan fingerprint density at radius 2 is 1.89 bits per heavy atom. The molecular weight excluding hydrogens is 310 g/mol. The molecule has 1 heterocycles. The van der Waals surface area contributed by atoms with E-state index in [9.17, 15) is 4.39 Å². The van der Waals surface area contributed by atoms with Crippen molar-refractivity contribution in [3.63, 3.8) is 0 Å². The van der Waals surface area contributed by atoms with Gasteiger partial charge in [0.05, 0.1) is 16.1 Å². The molecule has 0 aliphatic rings. The summed E-state index contributed by atoms with van der Waals surface area (Å²) in [5.41, 5.74) is 0.781. The monoisotopic (exact) mass is 318 g/mol. The van der Waals surface area contributed by atoms with Gasteiger partial charge in [-0.3, -0.25) is 0 Å². The summed E-state index contributed by atoms with van der Waals surface area (Å²) in [4.78, 5) is 4.06. The first-order valence-corrected chi connectivity index (χ1v) is 6.64. The maximum Gasteiger partial charge on any atom is 0.150 e. The Morgan fingerprint density at radius 3 is 2.58 bits per heavy atom. The lowest BCUT2D eigenvalue weighted by atomic mass is 10.1. The van der Waals surface area contributed by atoms with Crippen LogP contribution in [0.3, 0.4) is 0 Å². The van der Waals surface area contributed by atoms with Gasteiger partial charge in [-0.15, -0.1) is 0 Å². The summed E-state index contributed by atoms with van der Waals surface area (Å²) in [5.74, 6) is 0.118. The van der Waals surface area contributed by atoms with Gasteiger partial charge in [0.1, 0.15) is 16.8 Å². The number of aromatic nitrogens is 1. The van der Waals surface area contributed by atoms with Crippen LogP contribution in [0.2, 0.25) is 15.2 Å². The number of benzene rings is 1. The maximum absolute atomic E-state index is 13.2. The van der Waals surface area contributed by atoms with Crippen molar-refractivity contribution < 1.29 is 4.39 Å². The molecule has 1 N–H and O–H groups in total. The Kier molecular flexibility index (Phi) is 4.50. The minimum Gasteiger partial charge on any atom is -0.362 e. The highest BCUT2D eigenvalue weighted by Crippen LogP contribution is 2.31. The number of pyridine rings is 1. The summed E-state index contributed by atoms with van der Waals surface area (Å²) >= 11 is 17.7. The Morgan fingerprint density at radius 1 is 1.16 bits per heavy atom. The van der Waals surface area contributed by atoms with E-state index in [-0.39, 0.29) is 22.0 Å². The van der Waals surface area contributed by atoms with E-state index in [4.69, 9.17) is 34.8 Å². The summed E-state index contributed by atoms with van der Waals surface area (Å²) in [5, 5.41) is 3.88. The van der Waals surface area contributed by atoms with Gasteiger partial charge in [0.15, 0.2) is 0 Å². The van der Waals surface area contributed by atoms with Crippen molar-refractivity contribution in [1.29, 1.82) is 0 Å². The first-order valence-electron chi connectivity index (χ1n) is 5.51. The van der Waals surface area contributed by atoms with Crippen LogP contribution in [0.25, 0.3) is 0 Å². The Hall–Kier alpha value is -1.03. The van der Waals surface area contributed by atoms with Crippen LogP contribution < -0.4 is 5.32 Å². The van der Waals surface area contributed by atoms with Crippen molar-refractivity contribution in [2.24, 2.45) is 0 Å². The average molecular weight is 320 g/mol. The lowest BCUT2D eigenvalue weighted by Crippen LogP contribution is -2.08. The van der Waals surface area contributed by atoms with Crippen molar-refractivity contribution in [2.45, 2.75) is 13.0 Å². The van der Waals surface area contributed by atoms with E-state index in [1.165, 1.54) is 18.2 Å². The smallest absolute Gasteiger partial charge is 0.150 e. The number of anilines is 1. The summed E-state index contributed by atoms with van der Waals surface area (Å²) < 4.78 is 13.2. The number of hydrogen-bond donors (Lipinski definition) is 1. The predicted molar refractivity (Wildman–Crippen MR) is 77.7 cm³/mol. The largest absolute Gasteiger partial charge is 0.362 e. The van der Waals surface area contributed by atoms with E-state index in [1.54, 1.807) is 6.07 Å². The summed E-state index contributed by atoms with van der Waals surface area (Å²) in [6, 6.07) is 7.64. The van der Waals surface area contributed by atoms with E-state index >= 15 is 0 Å². The molecule has 6 heteroatoms. The van der Waals surface area contributed by atoms with Gasteiger partial charge < -0.3 is 5.32 Å². The van der Waals surface area contributed by atoms with Crippen LogP contribution in [-0.2, 0) is 0 Å². The van der Waals surface area contributed by atoms with E-state index in [0.717, 1.165) is 5.56 Å². The van der Waals surface area contributed by atoms with Crippen LogP contribution in [-0.4, -0.2) is 4.98 Å². The van der Waals surface area contributed by atoms with Gasteiger partial charge in [-0.25, -0.2) is 9.37 Å². The van der Waals surface area contributed by atoms with Crippen molar-refractivity contribution in [3.05, 3.63) is 56.9 Å². The van der Waals surface area contributed by atoms with E-state index in [1.807, 2.05) is 13.0 Å². The van der Waals surface area contributed by atoms with Gasteiger partial charge in [-0.2, -0.15) is 0 Å². The first-order chi connectivity index (χ1) is 8.97. The minimum atomic E-state index is -0.292. The van der Waals surface area contributed by atoms with E-state index in [0.29, 0.717) is 10.8 Å². The Labute approximate surface area is 125 Å². The van der Waals surface area contributed by atoms with Crippen LogP contribution in [0.5, 0.6) is 0 Å². The molecule has 0 bridgehead atoms. The topological polar surface area (TPSA) is 24.9 Å². The highest BCUT2D eigenvalue weighted by molar-refractivity contribution is 6.42. The fourth-order valence-corrected chi connectivity index (χ4v) is 2.16. The van der Waals surface area contributed by atoms with Crippen molar-refractivity contribution >= 4 is 40.6 Å². The third-order valence-electron chi connectivity index (χ3n) is 2.59. The molecule has 0 aliphatic heterocycles. The molecule has 0 fully saturated rings. The normalized spacial score (nSPS) is 12.3. The van der Waals surface area contributed by atoms with Crippen LogP contribution >= 0.6 is 34.8 Å². The van der Waals surface area contributed by atoms with Crippen molar-refractivity contribution in [3.8, 4) is 0 Å². The molecule has 1 aromatic heterocycles. The molecule has 0 radical (unpaired) electrons. The molecule has 2 nitrogen and oxygen atoms in total. The van der Waals surface area contributed by atoms with Gasteiger partial charge in [0, 0.05) is 0 Å². The van der Waals surface area contributed by atoms with Gasteiger partial charge in [-0.1, -0.05) is 46.9 Å². The summed E-state index contributed by atoms with van der Waals surface area (Å²) in [6.07, 6.45) is 0. The molecular formula is C13H10Cl3FN2. The molecule has 0 aliphatic carbocycles. The zero-order valence-corrected chi connectivity index (χ0v) is 12.2. The summed E-state index contributed by atoms with van der Waals surface area (Å²) in [6.45, 7) is 1.87. The second-order valence-corrected chi connectivity index (χ2v) is 5.18. The first kappa shape index (κ1) is 14.4. The van der Waals surface area contributed by atoms with Crippen LogP contribution in [0, 0.1) is 5.82 Å². The highest BCUT2D eigenvalue weighted by Gasteiger charge is 2.12. The molecule has 1 unspecified atom stereocenters. The second-order valence-electron chi connectivity index (χ2n) is 4.01.